The fraction of sp³-hybridized carbons (Fsp3) is 0.259. The highest BCUT2D eigenvalue weighted by atomic mass is 16.5. The van der Waals surface area contributed by atoms with Crippen molar-refractivity contribution in [2.24, 2.45) is 0 Å². The number of aromatic nitrogens is 3. The molecular formula is C27H28N4O2. The molecule has 0 saturated heterocycles. The molecule has 2 aromatic carbocycles. The summed E-state index contributed by atoms with van der Waals surface area (Å²) in [5.74, 6) is 2.24. The first kappa shape index (κ1) is 21.2. The summed E-state index contributed by atoms with van der Waals surface area (Å²) in [6.45, 7) is 3.55. The molecule has 4 aromatic rings. The van der Waals surface area contributed by atoms with Gasteiger partial charge in [0, 0.05) is 18.9 Å². The van der Waals surface area contributed by atoms with Gasteiger partial charge < -0.3 is 14.8 Å². The molecule has 0 saturated carbocycles. The van der Waals surface area contributed by atoms with Gasteiger partial charge in [-0.05, 0) is 53.3 Å². The molecule has 2 aromatic heterocycles. The quantitative estimate of drug-likeness (QED) is 0.448. The Morgan fingerprint density at radius 2 is 1.94 bits per heavy atom. The van der Waals surface area contributed by atoms with Gasteiger partial charge in [-0.25, -0.2) is 9.97 Å². The van der Waals surface area contributed by atoms with Gasteiger partial charge in [-0.15, -0.1) is 0 Å². The van der Waals surface area contributed by atoms with E-state index < -0.39 is 0 Å². The summed E-state index contributed by atoms with van der Waals surface area (Å²) in [5, 5.41) is 3.61. The molecule has 0 aliphatic carbocycles. The van der Waals surface area contributed by atoms with E-state index in [1.165, 1.54) is 16.7 Å². The van der Waals surface area contributed by atoms with E-state index in [4.69, 9.17) is 9.47 Å². The second-order valence-electron chi connectivity index (χ2n) is 8.19. The van der Waals surface area contributed by atoms with E-state index in [0.29, 0.717) is 12.4 Å². The maximum Gasteiger partial charge on any atom is 0.234 e. The highest BCUT2D eigenvalue weighted by molar-refractivity contribution is 5.55. The van der Waals surface area contributed by atoms with Gasteiger partial charge in [0.2, 0.25) is 5.78 Å². The molecule has 3 heterocycles. The number of hydrogen-bond donors (Lipinski definition) is 1. The van der Waals surface area contributed by atoms with Crippen LogP contribution in [-0.4, -0.2) is 28.0 Å². The van der Waals surface area contributed by atoms with Crippen molar-refractivity contribution >= 4 is 11.9 Å². The van der Waals surface area contributed by atoms with Crippen LogP contribution in [0.1, 0.15) is 40.9 Å². The van der Waals surface area contributed by atoms with Crippen molar-refractivity contribution in [2.75, 3.05) is 13.7 Å². The minimum atomic E-state index is 0.0821. The fourth-order valence-electron chi connectivity index (χ4n) is 4.21. The standard InChI is InChI=1S/C27H28N4O2/c1-3-19-15-29-27-30-16-22(31(27)17-19)9-10-24-23-14-25(32-2)26(13-21(23)11-12-28-24)33-18-20-7-5-4-6-8-20/h4-10,13-17,24,28H,3,11-12,18H2,1-2H3/b10-9+. The smallest absolute Gasteiger partial charge is 0.234 e. The molecule has 168 valence electrons. The molecule has 0 bridgehead atoms. The van der Waals surface area contributed by atoms with Crippen LogP contribution in [0.2, 0.25) is 0 Å². The SMILES string of the molecule is CCc1cnc2ncc(/C=C/C3NCCc4cc(OCc5ccccc5)c(OC)cc43)n2c1. The summed E-state index contributed by atoms with van der Waals surface area (Å²) < 4.78 is 13.8. The van der Waals surface area contributed by atoms with Crippen LogP contribution in [0.4, 0.5) is 0 Å². The number of fused-ring (bicyclic) bond motifs is 2. The van der Waals surface area contributed by atoms with Gasteiger partial charge >= 0.3 is 0 Å². The largest absolute Gasteiger partial charge is 0.493 e. The van der Waals surface area contributed by atoms with Crippen LogP contribution in [0.25, 0.3) is 11.9 Å². The Morgan fingerprint density at radius 1 is 1.09 bits per heavy atom. The van der Waals surface area contributed by atoms with E-state index in [0.717, 1.165) is 42.1 Å². The third-order valence-corrected chi connectivity index (χ3v) is 6.07. The van der Waals surface area contributed by atoms with Crippen LogP contribution in [0.3, 0.4) is 0 Å². The minimum Gasteiger partial charge on any atom is -0.493 e. The van der Waals surface area contributed by atoms with Gasteiger partial charge in [-0.2, -0.15) is 0 Å². The predicted octanol–water partition coefficient (Wildman–Crippen LogP) is 4.78. The lowest BCUT2D eigenvalue weighted by atomic mass is 9.93. The van der Waals surface area contributed by atoms with E-state index in [2.05, 4.69) is 64.8 Å². The van der Waals surface area contributed by atoms with Crippen molar-refractivity contribution < 1.29 is 9.47 Å². The highest BCUT2D eigenvalue weighted by Gasteiger charge is 2.21. The molecule has 33 heavy (non-hydrogen) atoms. The molecule has 1 unspecified atom stereocenters. The Kier molecular flexibility index (Phi) is 6.09. The Balaban J connectivity index is 1.40. The highest BCUT2D eigenvalue weighted by Crippen LogP contribution is 2.36. The summed E-state index contributed by atoms with van der Waals surface area (Å²) in [7, 11) is 1.69. The average Bonchev–Trinajstić information content (AvgIpc) is 3.28. The first-order chi connectivity index (χ1) is 16.2. The zero-order valence-electron chi connectivity index (χ0n) is 19.0. The lowest BCUT2D eigenvalue weighted by molar-refractivity contribution is 0.283. The summed E-state index contributed by atoms with van der Waals surface area (Å²) >= 11 is 0. The van der Waals surface area contributed by atoms with E-state index >= 15 is 0 Å². The van der Waals surface area contributed by atoms with Crippen molar-refractivity contribution in [2.45, 2.75) is 32.4 Å². The van der Waals surface area contributed by atoms with Crippen molar-refractivity contribution in [1.29, 1.82) is 0 Å². The maximum atomic E-state index is 6.12. The molecule has 1 aliphatic rings. The molecule has 0 fully saturated rings. The van der Waals surface area contributed by atoms with Crippen molar-refractivity contribution in [3.05, 3.63) is 95.1 Å². The third kappa shape index (κ3) is 4.47. The second-order valence-corrected chi connectivity index (χ2v) is 8.19. The van der Waals surface area contributed by atoms with Crippen molar-refractivity contribution in [1.82, 2.24) is 19.7 Å². The van der Waals surface area contributed by atoms with Crippen LogP contribution < -0.4 is 14.8 Å². The minimum absolute atomic E-state index is 0.0821. The van der Waals surface area contributed by atoms with E-state index in [1.807, 2.05) is 35.0 Å². The number of hydrogen-bond acceptors (Lipinski definition) is 5. The number of rotatable bonds is 7. The molecule has 6 nitrogen and oxygen atoms in total. The summed E-state index contributed by atoms with van der Waals surface area (Å²) in [5.41, 5.74) is 5.82. The molecule has 1 atom stereocenters. The number of imidazole rings is 1. The number of aryl methyl sites for hydroxylation is 1. The van der Waals surface area contributed by atoms with Crippen LogP contribution in [0.15, 0.2) is 67.1 Å². The Morgan fingerprint density at radius 3 is 2.76 bits per heavy atom. The van der Waals surface area contributed by atoms with E-state index in [9.17, 15) is 0 Å². The van der Waals surface area contributed by atoms with Crippen LogP contribution >= 0.6 is 0 Å². The molecule has 6 heteroatoms. The molecule has 1 N–H and O–H groups in total. The molecule has 0 radical (unpaired) electrons. The Bertz CT molecular complexity index is 1280. The third-order valence-electron chi connectivity index (χ3n) is 6.07. The second kappa shape index (κ2) is 9.46. The summed E-state index contributed by atoms with van der Waals surface area (Å²) in [6.07, 6.45) is 12.0. The number of benzene rings is 2. The van der Waals surface area contributed by atoms with Crippen LogP contribution in [-0.2, 0) is 19.4 Å². The number of nitrogens with zero attached hydrogens (tertiary/aromatic N) is 3. The summed E-state index contributed by atoms with van der Waals surface area (Å²) in [4.78, 5) is 8.88. The zero-order chi connectivity index (χ0) is 22.6. The van der Waals surface area contributed by atoms with Gasteiger partial charge in [-0.3, -0.25) is 4.40 Å². The van der Waals surface area contributed by atoms with E-state index in [1.54, 1.807) is 7.11 Å². The zero-order valence-corrected chi connectivity index (χ0v) is 19.0. The molecule has 0 spiro atoms. The van der Waals surface area contributed by atoms with Crippen molar-refractivity contribution in [3.8, 4) is 11.5 Å². The number of methoxy groups -OCH3 is 1. The van der Waals surface area contributed by atoms with E-state index in [-0.39, 0.29) is 6.04 Å². The lowest BCUT2D eigenvalue weighted by Crippen LogP contribution is -2.28. The molecule has 5 rings (SSSR count). The molecular weight excluding hydrogens is 412 g/mol. The fourth-order valence-corrected chi connectivity index (χ4v) is 4.21. The number of ether oxygens (including phenoxy) is 2. The molecule has 0 amide bonds. The van der Waals surface area contributed by atoms with Crippen LogP contribution in [0, 0.1) is 0 Å². The maximum absolute atomic E-state index is 6.12. The topological polar surface area (TPSA) is 60.7 Å². The monoisotopic (exact) mass is 440 g/mol. The van der Waals surface area contributed by atoms with Gasteiger partial charge in [0.05, 0.1) is 25.0 Å². The lowest BCUT2D eigenvalue weighted by Gasteiger charge is -2.26. The number of nitrogens with one attached hydrogen (secondary N) is 1. The van der Waals surface area contributed by atoms with Gasteiger partial charge in [0.25, 0.3) is 0 Å². The van der Waals surface area contributed by atoms with Gasteiger partial charge in [-0.1, -0.05) is 43.3 Å². The summed E-state index contributed by atoms with van der Waals surface area (Å²) in [6, 6.07) is 14.5. The first-order valence-electron chi connectivity index (χ1n) is 11.4. The van der Waals surface area contributed by atoms with Gasteiger partial charge in [0.15, 0.2) is 11.5 Å². The van der Waals surface area contributed by atoms with Crippen LogP contribution in [0.5, 0.6) is 11.5 Å². The average molecular weight is 441 g/mol. The predicted molar refractivity (Wildman–Crippen MR) is 130 cm³/mol. The Hall–Kier alpha value is -3.64. The Labute approximate surface area is 193 Å². The first-order valence-corrected chi connectivity index (χ1v) is 11.4. The van der Waals surface area contributed by atoms with Gasteiger partial charge in [0.1, 0.15) is 6.61 Å². The van der Waals surface area contributed by atoms with Crippen molar-refractivity contribution in [3.63, 3.8) is 0 Å². The normalized spacial score (nSPS) is 15.6. The molecule has 1 aliphatic heterocycles.